The number of hydrogen-bond acceptors (Lipinski definition) is 8. The van der Waals surface area contributed by atoms with Crippen LogP contribution in [0.1, 0.15) is 15.2 Å². The molecule has 0 bridgehead atoms. The van der Waals surface area contributed by atoms with Crippen molar-refractivity contribution in [2.24, 2.45) is 0 Å². The Kier molecular flexibility index (Phi) is 6.50. The second-order valence-electron chi connectivity index (χ2n) is 7.30. The van der Waals surface area contributed by atoms with Gasteiger partial charge in [-0.3, -0.25) is 19.3 Å². The fourth-order valence-corrected chi connectivity index (χ4v) is 4.23. The number of ether oxygens (including phenoxy) is 2. The number of thiophene rings is 1. The minimum Gasteiger partial charge on any atom is -0.454 e. The number of benzene rings is 1. The Morgan fingerprint density at radius 2 is 1.87 bits per heavy atom. The second-order valence-corrected chi connectivity index (χ2v) is 8.25. The number of nitrogens with one attached hydrogen (secondary N) is 1. The summed E-state index contributed by atoms with van der Waals surface area (Å²) in [5.74, 6) is -0.512. The van der Waals surface area contributed by atoms with Crippen molar-refractivity contribution in [3.05, 3.63) is 46.2 Å². The SMILES string of the molecule is O=C(NC(CO)C(=O)N1CCN(Cc2ccc3c(c2)OCO3)CC1)C(=O)c1cccs1. The van der Waals surface area contributed by atoms with Crippen LogP contribution in [0.25, 0.3) is 0 Å². The number of fused-ring (bicyclic) bond motifs is 1. The normalized spacial score (nSPS) is 16.7. The van der Waals surface area contributed by atoms with Gasteiger partial charge in [-0.15, -0.1) is 11.3 Å². The standard InChI is InChI=1S/C21H23N3O6S/c25-12-15(22-20(27)19(26)18-2-1-9-31-18)21(28)24-7-5-23(6-8-24)11-14-3-4-16-17(10-14)30-13-29-16/h1-4,9-10,15,25H,5-8,11-13H2,(H,22,27). The Balaban J connectivity index is 1.28. The first-order valence-corrected chi connectivity index (χ1v) is 10.8. The highest BCUT2D eigenvalue weighted by Gasteiger charge is 2.30. The van der Waals surface area contributed by atoms with E-state index in [0.29, 0.717) is 37.6 Å². The highest BCUT2D eigenvalue weighted by molar-refractivity contribution is 7.13. The third kappa shape index (κ3) is 4.87. The largest absolute Gasteiger partial charge is 0.454 e. The van der Waals surface area contributed by atoms with E-state index in [4.69, 9.17) is 9.47 Å². The number of aliphatic hydroxyl groups excluding tert-OH is 1. The van der Waals surface area contributed by atoms with Gasteiger partial charge in [-0.25, -0.2) is 0 Å². The summed E-state index contributed by atoms with van der Waals surface area (Å²) in [6.45, 7) is 2.62. The molecular formula is C21H23N3O6S. The third-order valence-corrected chi connectivity index (χ3v) is 6.13. The van der Waals surface area contributed by atoms with Gasteiger partial charge < -0.3 is 24.8 Å². The van der Waals surface area contributed by atoms with Gasteiger partial charge in [0.1, 0.15) is 6.04 Å². The van der Waals surface area contributed by atoms with Gasteiger partial charge in [-0.1, -0.05) is 12.1 Å². The predicted molar refractivity (Wildman–Crippen MR) is 112 cm³/mol. The summed E-state index contributed by atoms with van der Waals surface area (Å²) in [7, 11) is 0. The molecule has 1 saturated heterocycles. The number of ketones is 1. The minimum atomic E-state index is -1.14. The summed E-state index contributed by atoms with van der Waals surface area (Å²) in [5.41, 5.74) is 1.09. The van der Waals surface area contributed by atoms with Crippen molar-refractivity contribution in [1.82, 2.24) is 15.1 Å². The molecular weight excluding hydrogens is 422 g/mol. The van der Waals surface area contributed by atoms with Crippen LogP contribution in [0.3, 0.4) is 0 Å². The van der Waals surface area contributed by atoms with E-state index in [9.17, 15) is 19.5 Å². The Bertz CT molecular complexity index is 956. The van der Waals surface area contributed by atoms with Crippen LogP contribution < -0.4 is 14.8 Å². The molecule has 164 valence electrons. The van der Waals surface area contributed by atoms with Crippen molar-refractivity contribution in [2.75, 3.05) is 39.6 Å². The number of aliphatic hydroxyl groups is 1. The van der Waals surface area contributed by atoms with Gasteiger partial charge in [0.2, 0.25) is 12.7 Å². The number of hydrogen-bond donors (Lipinski definition) is 2. The number of nitrogens with zero attached hydrogens (tertiary/aromatic N) is 2. The summed E-state index contributed by atoms with van der Waals surface area (Å²) >= 11 is 1.15. The molecule has 1 aromatic carbocycles. The maximum absolute atomic E-state index is 12.8. The number of piperazine rings is 1. The van der Waals surface area contributed by atoms with E-state index in [2.05, 4.69) is 10.2 Å². The zero-order valence-corrected chi connectivity index (χ0v) is 17.6. The van der Waals surface area contributed by atoms with Gasteiger partial charge >= 0.3 is 0 Å². The molecule has 3 heterocycles. The Labute approximate surface area is 183 Å². The first-order valence-electron chi connectivity index (χ1n) is 9.94. The molecule has 31 heavy (non-hydrogen) atoms. The van der Waals surface area contributed by atoms with Crippen molar-refractivity contribution >= 4 is 28.9 Å². The lowest BCUT2D eigenvalue weighted by atomic mass is 10.1. The van der Waals surface area contributed by atoms with Crippen molar-refractivity contribution in [2.45, 2.75) is 12.6 Å². The summed E-state index contributed by atoms with van der Waals surface area (Å²) in [4.78, 5) is 41.2. The number of carbonyl (C=O) groups is 3. The van der Waals surface area contributed by atoms with Crippen LogP contribution in [0.2, 0.25) is 0 Å². The van der Waals surface area contributed by atoms with Crippen LogP contribution in [-0.4, -0.2) is 78.1 Å². The lowest BCUT2D eigenvalue weighted by Crippen LogP contribution is -2.56. The Morgan fingerprint density at radius 1 is 1.10 bits per heavy atom. The number of Topliss-reactive ketones (excluding diaryl/α,β-unsaturated/α-hetero) is 1. The zero-order chi connectivity index (χ0) is 21.8. The molecule has 0 spiro atoms. The molecule has 4 rings (SSSR count). The Morgan fingerprint density at radius 3 is 2.58 bits per heavy atom. The molecule has 1 atom stereocenters. The molecule has 1 unspecified atom stereocenters. The van der Waals surface area contributed by atoms with Crippen molar-refractivity contribution in [3.63, 3.8) is 0 Å². The van der Waals surface area contributed by atoms with E-state index in [1.165, 1.54) is 0 Å². The molecule has 0 saturated carbocycles. The fourth-order valence-electron chi connectivity index (χ4n) is 3.57. The van der Waals surface area contributed by atoms with Crippen molar-refractivity contribution in [3.8, 4) is 11.5 Å². The highest BCUT2D eigenvalue weighted by atomic mass is 32.1. The smallest absolute Gasteiger partial charge is 0.293 e. The lowest BCUT2D eigenvalue weighted by molar-refractivity contribution is -0.138. The molecule has 2 aliphatic rings. The number of rotatable bonds is 7. The van der Waals surface area contributed by atoms with Crippen LogP contribution in [0.4, 0.5) is 0 Å². The molecule has 1 aromatic heterocycles. The quantitative estimate of drug-likeness (QED) is 0.471. The summed E-state index contributed by atoms with van der Waals surface area (Å²) in [5, 5.41) is 13.7. The molecule has 0 aliphatic carbocycles. The molecule has 10 heteroatoms. The van der Waals surface area contributed by atoms with E-state index in [-0.39, 0.29) is 6.79 Å². The molecule has 9 nitrogen and oxygen atoms in total. The van der Waals surface area contributed by atoms with Crippen LogP contribution >= 0.6 is 11.3 Å². The van der Waals surface area contributed by atoms with Crippen molar-refractivity contribution in [1.29, 1.82) is 0 Å². The van der Waals surface area contributed by atoms with Crippen molar-refractivity contribution < 1.29 is 29.0 Å². The van der Waals surface area contributed by atoms with E-state index >= 15 is 0 Å². The minimum absolute atomic E-state index is 0.237. The second kappa shape index (κ2) is 9.46. The maximum Gasteiger partial charge on any atom is 0.293 e. The first-order chi connectivity index (χ1) is 15.0. The van der Waals surface area contributed by atoms with Gasteiger partial charge in [0, 0.05) is 32.7 Å². The fraction of sp³-hybridized carbons (Fsp3) is 0.381. The molecule has 2 N–H and O–H groups in total. The summed E-state index contributed by atoms with van der Waals surface area (Å²) in [6.07, 6.45) is 0. The predicted octanol–water partition coefficient (Wildman–Crippen LogP) is 0.481. The van der Waals surface area contributed by atoms with E-state index in [0.717, 1.165) is 28.4 Å². The van der Waals surface area contributed by atoms with E-state index in [1.807, 2.05) is 18.2 Å². The number of carbonyl (C=O) groups excluding carboxylic acids is 3. The molecule has 2 aliphatic heterocycles. The van der Waals surface area contributed by atoms with Gasteiger partial charge in [0.25, 0.3) is 11.7 Å². The van der Waals surface area contributed by atoms with Gasteiger partial charge in [0.15, 0.2) is 11.5 Å². The molecule has 2 amide bonds. The van der Waals surface area contributed by atoms with Crippen LogP contribution in [0.15, 0.2) is 35.7 Å². The van der Waals surface area contributed by atoms with Crippen LogP contribution in [-0.2, 0) is 16.1 Å². The average molecular weight is 445 g/mol. The lowest BCUT2D eigenvalue weighted by Gasteiger charge is -2.36. The average Bonchev–Trinajstić information content (AvgIpc) is 3.48. The van der Waals surface area contributed by atoms with Gasteiger partial charge in [-0.05, 0) is 29.1 Å². The molecule has 2 aromatic rings. The van der Waals surface area contributed by atoms with Crippen LogP contribution in [0, 0.1) is 0 Å². The van der Waals surface area contributed by atoms with E-state index in [1.54, 1.807) is 22.4 Å². The monoisotopic (exact) mass is 445 g/mol. The summed E-state index contributed by atoms with van der Waals surface area (Å²) in [6, 6.07) is 7.92. The topological polar surface area (TPSA) is 108 Å². The van der Waals surface area contributed by atoms with Crippen LogP contribution in [0.5, 0.6) is 11.5 Å². The number of amides is 2. The first kappa shape index (κ1) is 21.3. The highest BCUT2D eigenvalue weighted by Crippen LogP contribution is 2.32. The summed E-state index contributed by atoms with van der Waals surface area (Å²) < 4.78 is 10.7. The molecule has 0 radical (unpaired) electrons. The Hall–Kier alpha value is -2.95. The zero-order valence-electron chi connectivity index (χ0n) is 16.8. The molecule has 1 fully saturated rings. The third-order valence-electron chi connectivity index (χ3n) is 5.26. The van der Waals surface area contributed by atoms with Gasteiger partial charge in [0.05, 0.1) is 11.5 Å². The van der Waals surface area contributed by atoms with Gasteiger partial charge in [-0.2, -0.15) is 0 Å². The maximum atomic E-state index is 12.8. The van der Waals surface area contributed by atoms with E-state index < -0.39 is 30.2 Å².